The Kier molecular flexibility index (Phi) is 4.57. The van der Waals surface area contributed by atoms with E-state index in [9.17, 15) is 5.11 Å². The standard InChI is InChI=1S/C18H26O3/c1-6-18(20-4,21-5)16-10-8-7-9-15(16)17(19)12-11-13(2)14(17)3/h7-10,19H,6,11-12H2,1-5H3. The van der Waals surface area contributed by atoms with E-state index in [1.165, 1.54) is 5.57 Å². The Labute approximate surface area is 127 Å². The summed E-state index contributed by atoms with van der Waals surface area (Å²) in [5.74, 6) is -0.816. The van der Waals surface area contributed by atoms with Crippen molar-refractivity contribution in [3.63, 3.8) is 0 Å². The lowest BCUT2D eigenvalue weighted by Gasteiger charge is -2.36. The normalized spacial score (nSPS) is 23.0. The molecule has 1 aromatic rings. The Hall–Kier alpha value is -1.16. The molecule has 0 fully saturated rings. The summed E-state index contributed by atoms with van der Waals surface area (Å²) in [6.07, 6.45) is 2.32. The first-order valence-corrected chi connectivity index (χ1v) is 7.54. The summed E-state index contributed by atoms with van der Waals surface area (Å²) < 4.78 is 11.4. The van der Waals surface area contributed by atoms with Crippen LogP contribution < -0.4 is 0 Å². The van der Waals surface area contributed by atoms with Gasteiger partial charge in [-0.1, -0.05) is 36.8 Å². The van der Waals surface area contributed by atoms with Gasteiger partial charge in [0.25, 0.3) is 0 Å². The molecule has 0 heterocycles. The van der Waals surface area contributed by atoms with E-state index in [4.69, 9.17) is 9.47 Å². The Bertz CT molecular complexity index is 535. The molecule has 3 heteroatoms. The zero-order valence-electron chi connectivity index (χ0n) is 13.7. The van der Waals surface area contributed by atoms with Gasteiger partial charge in [-0.3, -0.25) is 0 Å². The molecule has 0 aliphatic heterocycles. The molecule has 0 amide bonds. The van der Waals surface area contributed by atoms with Crippen molar-refractivity contribution in [2.24, 2.45) is 0 Å². The Morgan fingerprint density at radius 3 is 2.29 bits per heavy atom. The van der Waals surface area contributed by atoms with Crippen LogP contribution in [0.15, 0.2) is 35.4 Å². The summed E-state index contributed by atoms with van der Waals surface area (Å²) in [6.45, 7) is 6.14. The molecule has 1 unspecified atom stereocenters. The third-order valence-corrected chi connectivity index (χ3v) is 5.03. The van der Waals surface area contributed by atoms with Gasteiger partial charge in [-0.05, 0) is 37.8 Å². The molecule has 0 spiro atoms. The highest BCUT2D eigenvalue weighted by molar-refractivity contribution is 5.44. The minimum Gasteiger partial charge on any atom is -0.381 e. The first-order valence-electron chi connectivity index (χ1n) is 7.54. The molecule has 116 valence electrons. The molecular weight excluding hydrogens is 264 g/mol. The zero-order chi connectivity index (χ0) is 15.7. The SMILES string of the molecule is CCC(OC)(OC)c1ccccc1C1(O)CCC(C)=C1C. The largest absolute Gasteiger partial charge is 0.381 e. The molecule has 1 aliphatic rings. The predicted molar refractivity (Wildman–Crippen MR) is 83.9 cm³/mol. The average molecular weight is 290 g/mol. The summed E-state index contributed by atoms with van der Waals surface area (Å²) >= 11 is 0. The van der Waals surface area contributed by atoms with Crippen molar-refractivity contribution in [3.8, 4) is 0 Å². The number of rotatable bonds is 5. The van der Waals surface area contributed by atoms with Gasteiger partial charge in [0.15, 0.2) is 5.79 Å². The van der Waals surface area contributed by atoms with E-state index in [1.807, 2.05) is 38.1 Å². The second-order valence-electron chi connectivity index (χ2n) is 5.83. The van der Waals surface area contributed by atoms with Crippen LogP contribution in [0.5, 0.6) is 0 Å². The fourth-order valence-corrected chi connectivity index (χ4v) is 3.39. The minimum atomic E-state index is -0.918. The van der Waals surface area contributed by atoms with Crippen molar-refractivity contribution in [1.82, 2.24) is 0 Å². The highest BCUT2D eigenvalue weighted by Crippen LogP contribution is 2.46. The number of aliphatic hydroxyl groups is 1. The second kappa shape index (κ2) is 5.91. The molecule has 1 atom stereocenters. The van der Waals surface area contributed by atoms with E-state index < -0.39 is 11.4 Å². The molecule has 0 saturated heterocycles. The smallest absolute Gasteiger partial charge is 0.194 e. The maximum Gasteiger partial charge on any atom is 0.194 e. The van der Waals surface area contributed by atoms with Gasteiger partial charge in [0.1, 0.15) is 5.60 Å². The van der Waals surface area contributed by atoms with Crippen LogP contribution in [-0.4, -0.2) is 19.3 Å². The van der Waals surface area contributed by atoms with E-state index in [2.05, 4.69) is 6.92 Å². The van der Waals surface area contributed by atoms with Crippen LogP contribution in [0, 0.1) is 0 Å². The molecule has 2 rings (SSSR count). The van der Waals surface area contributed by atoms with E-state index in [-0.39, 0.29) is 0 Å². The van der Waals surface area contributed by atoms with Crippen LogP contribution in [0.3, 0.4) is 0 Å². The summed E-state index contributed by atoms with van der Waals surface area (Å²) in [5, 5.41) is 11.3. The van der Waals surface area contributed by atoms with E-state index in [0.717, 1.165) is 29.5 Å². The van der Waals surface area contributed by atoms with E-state index in [1.54, 1.807) is 14.2 Å². The fourth-order valence-electron chi connectivity index (χ4n) is 3.39. The molecule has 0 radical (unpaired) electrons. The zero-order valence-corrected chi connectivity index (χ0v) is 13.7. The van der Waals surface area contributed by atoms with Crippen molar-refractivity contribution < 1.29 is 14.6 Å². The molecule has 0 bridgehead atoms. The van der Waals surface area contributed by atoms with Crippen molar-refractivity contribution in [3.05, 3.63) is 46.5 Å². The van der Waals surface area contributed by atoms with Crippen molar-refractivity contribution in [1.29, 1.82) is 0 Å². The number of benzene rings is 1. The number of hydrogen-bond donors (Lipinski definition) is 1. The van der Waals surface area contributed by atoms with Crippen LogP contribution >= 0.6 is 0 Å². The van der Waals surface area contributed by atoms with Gasteiger partial charge in [0, 0.05) is 26.2 Å². The first kappa shape index (κ1) is 16.2. The highest BCUT2D eigenvalue weighted by Gasteiger charge is 2.42. The highest BCUT2D eigenvalue weighted by atomic mass is 16.7. The maximum absolute atomic E-state index is 11.3. The lowest BCUT2D eigenvalue weighted by Crippen LogP contribution is -2.35. The third kappa shape index (κ3) is 2.44. The maximum atomic E-state index is 11.3. The molecule has 0 aromatic heterocycles. The summed E-state index contributed by atoms with van der Waals surface area (Å²) in [4.78, 5) is 0. The van der Waals surface area contributed by atoms with Crippen LogP contribution in [0.25, 0.3) is 0 Å². The topological polar surface area (TPSA) is 38.7 Å². The Balaban J connectivity index is 2.63. The van der Waals surface area contributed by atoms with Gasteiger partial charge >= 0.3 is 0 Å². The van der Waals surface area contributed by atoms with Gasteiger partial charge in [-0.15, -0.1) is 0 Å². The number of hydrogen-bond acceptors (Lipinski definition) is 3. The van der Waals surface area contributed by atoms with E-state index >= 15 is 0 Å². The summed E-state index contributed by atoms with van der Waals surface area (Å²) in [5.41, 5.74) is 3.20. The van der Waals surface area contributed by atoms with Crippen molar-refractivity contribution >= 4 is 0 Å². The van der Waals surface area contributed by atoms with E-state index in [0.29, 0.717) is 6.42 Å². The Morgan fingerprint density at radius 2 is 1.81 bits per heavy atom. The fraction of sp³-hybridized carbons (Fsp3) is 0.556. The number of allylic oxidation sites excluding steroid dienone is 1. The minimum absolute atomic E-state index is 0.675. The van der Waals surface area contributed by atoms with Crippen molar-refractivity contribution in [2.75, 3.05) is 14.2 Å². The predicted octanol–water partition coefficient (Wildman–Crippen LogP) is 3.86. The quantitative estimate of drug-likeness (QED) is 0.661. The lowest BCUT2D eigenvalue weighted by molar-refractivity contribution is -0.218. The average Bonchev–Trinajstić information content (AvgIpc) is 2.79. The van der Waals surface area contributed by atoms with Crippen LogP contribution in [0.1, 0.15) is 51.2 Å². The Morgan fingerprint density at radius 1 is 1.19 bits per heavy atom. The lowest BCUT2D eigenvalue weighted by atomic mass is 9.82. The molecule has 21 heavy (non-hydrogen) atoms. The van der Waals surface area contributed by atoms with Crippen LogP contribution in [0.4, 0.5) is 0 Å². The third-order valence-electron chi connectivity index (χ3n) is 5.03. The molecule has 1 aliphatic carbocycles. The summed E-state index contributed by atoms with van der Waals surface area (Å²) in [7, 11) is 3.30. The molecule has 1 N–H and O–H groups in total. The van der Waals surface area contributed by atoms with Crippen LogP contribution in [0.2, 0.25) is 0 Å². The summed E-state index contributed by atoms with van der Waals surface area (Å²) in [6, 6.07) is 7.90. The number of methoxy groups -OCH3 is 2. The number of ether oxygens (including phenoxy) is 2. The van der Waals surface area contributed by atoms with Crippen molar-refractivity contribution in [2.45, 2.75) is 51.4 Å². The molecular formula is C18H26O3. The molecule has 1 aromatic carbocycles. The molecule has 3 nitrogen and oxygen atoms in total. The van der Waals surface area contributed by atoms with Gasteiger partial charge in [-0.2, -0.15) is 0 Å². The second-order valence-corrected chi connectivity index (χ2v) is 5.83. The monoisotopic (exact) mass is 290 g/mol. The van der Waals surface area contributed by atoms with Gasteiger partial charge in [-0.25, -0.2) is 0 Å². The van der Waals surface area contributed by atoms with Gasteiger partial charge < -0.3 is 14.6 Å². The van der Waals surface area contributed by atoms with Gasteiger partial charge in [0.05, 0.1) is 0 Å². The van der Waals surface area contributed by atoms with Gasteiger partial charge in [0.2, 0.25) is 0 Å². The molecule has 0 saturated carbocycles. The van der Waals surface area contributed by atoms with Crippen LogP contribution in [-0.2, 0) is 20.9 Å². The first-order chi connectivity index (χ1) is 9.95.